The van der Waals surface area contributed by atoms with Crippen LogP contribution in [0.1, 0.15) is 18.1 Å². The van der Waals surface area contributed by atoms with E-state index in [0.29, 0.717) is 18.7 Å². The lowest BCUT2D eigenvalue weighted by Gasteiger charge is -2.22. The third kappa shape index (κ3) is 6.09. The monoisotopic (exact) mass is 371 g/mol. The zero-order valence-corrected chi connectivity index (χ0v) is 16.5. The normalized spacial score (nSPS) is 11.2. The number of phenolic OH excluding ortho intramolecular Hbond substituents is 1. The number of benzene rings is 2. The van der Waals surface area contributed by atoms with E-state index in [9.17, 15) is 5.11 Å². The largest absolute Gasteiger partial charge is 0.508 e. The van der Waals surface area contributed by atoms with E-state index < -0.39 is 0 Å². The van der Waals surface area contributed by atoms with Gasteiger partial charge in [-0.1, -0.05) is 18.2 Å². The quantitative estimate of drug-likeness (QED) is 0.551. The van der Waals surface area contributed by atoms with Crippen LogP contribution >= 0.6 is 0 Å². The van der Waals surface area contributed by atoms with Gasteiger partial charge in [0.1, 0.15) is 17.2 Å². The number of phenols is 1. The molecule has 6 heteroatoms. The first-order valence-corrected chi connectivity index (χ1v) is 9.05. The van der Waals surface area contributed by atoms with E-state index in [4.69, 9.17) is 9.47 Å². The number of hydrogen-bond donors (Lipinski definition) is 2. The molecule has 0 bridgehead atoms. The molecular formula is C21H29N3O3. The average Bonchev–Trinajstić information content (AvgIpc) is 2.68. The first-order valence-electron chi connectivity index (χ1n) is 9.05. The summed E-state index contributed by atoms with van der Waals surface area (Å²) in [6, 6.07) is 13.4. The molecule has 0 fully saturated rings. The van der Waals surface area contributed by atoms with Gasteiger partial charge in [0, 0.05) is 32.7 Å². The molecule has 2 aromatic carbocycles. The summed E-state index contributed by atoms with van der Waals surface area (Å²) in [7, 11) is 5.26. The van der Waals surface area contributed by atoms with E-state index in [1.165, 1.54) is 5.56 Å². The molecular weight excluding hydrogens is 342 g/mol. The molecule has 0 saturated carbocycles. The number of methoxy groups -OCH3 is 2. The zero-order chi connectivity index (χ0) is 19.6. The fraction of sp³-hybridized carbons (Fsp3) is 0.381. The molecule has 0 aliphatic rings. The van der Waals surface area contributed by atoms with E-state index >= 15 is 0 Å². The third-order valence-corrected chi connectivity index (χ3v) is 4.21. The van der Waals surface area contributed by atoms with Gasteiger partial charge < -0.3 is 24.8 Å². The summed E-state index contributed by atoms with van der Waals surface area (Å²) in [5, 5.41) is 13.4. The van der Waals surface area contributed by atoms with E-state index in [1.807, 2.05) is 50.4 Å². The lowest BCUT2D eigenvalue weighted by Crippen LogP contribution is -2.38. The van der Waals surface area contributed by atoms with Gasteiger partial charge >= 0.3 is 0 Å². The molecule has 0 heterocycles. The third-order valence-electron chi connectivity index (χ3n) is 4.21. The van der Waals surface area contributed by atoms with Gasteiger partial charge in [0.05, 0.1) is 14.2 Å². The van der Waals surface area contributed by atoms with Gasteiger partial charge in [0.2, 0.25) is 0 Å². The van der Waals surface area contributed by atoms with Gasteiger partial charge in [0.15, 0.2) is 5.96 Å². The van der Waals surface area contributed by atoms with Crippen molar-refractivity contribution in [3.8, 4) is 17.2 Å². The Morgan fingerprint density at radius 2 is 1.74 bits per heavy atom. The number of nitrogens with one attached hydrogen (secondary N) is 1. The van der Waals surface area contributed by atoms with Gasteiger partial charge in [0.25, 0.3) is 0 Å². The Kier molecular flexibility index (Phi) is 7.79. The maximum absolute atomic E-state index is 10.1. The van der Waals surface area contributed by atoms with Crippen molar-refractivity contribution in [3.63, 3.8) is 0 Å². The van der Waals surface area contributed by atoms with Crippen molar-refractivity contribution in [2.24, 2.45) is 4.99 Å². The molecule has 2 rings (SSSR count). The first-order chi connectivity index (χ1) is 13.1. The number of guanidine groups is 1. The van der Waals surface area contributed by atoms with Crippen LogP contribution in [0.25, 0.3) is 0 Å². The molecule has 0 unspecified atom stereocenters. The SMILES string of the molecule is CCNC(=NCCc1ccc(OC)cc1O)N(C)Cc1ccc(OC)cc1. The van der Waals surface area contributed by atoms with Gasteiger partial charge in [-0.25, -0.2) is 0 Å². The minimum absolute atomic E-state index is 0.237. The van der Waals surface area contributed by atoms with Crippen molar-refractivity contribution in [1.29, 1.82) is 0 Å². The average molecular weight is 371 g/mol. The molecule has 6 nitrogen and oxygen atoms in total. The number of nitrogens with zero attached hydrogens (tertiary/aromatic N) is 2. The van der Waals surface area contributed by atoms with E-state index in [0.717, 1.165) is 30.4 Å². The molecule has 2 aromatic rings. The van der Waals surface area contributed by atoms with Crippen molar-refractivity contribution in [1.82, 2.24) is 10.2 Å². The fourth-order valence-electron chi connectivity index (χ4n) is 2.71. The van der Waals surface area contributed by atoms with Crippen LogP contribution < -0.4 is 14.8 Å². The standard InChI is InChI=1S/C21H29N3O3/c1-5-22-21(24(2)15-16-6-9-18(26-3)10-7-16)23-13-12-17-8-11-19(27-4)14-20(17)25/h6-11,14,25H,5,12-13,15H2,1-4H3,(H,22,23). The lowest BCUT2D eigenvalue weighted by atomic mass is 10.1. The van der Waals surface area contributed by atoms with Crippen LogP contribution in [0, 0.1) is 0 Å². The minimum Gasteiger partial charge on any atom is -0.508 e. The van der Waals surface area contributed by atoms with Crippen molar-refractivity contribution in [2.75, 3.05) is 34.4 Å². The van der Waals surface area contributed by atoms with Crippen LogP contribution in [0.3, 0.4) is 0 Å². The molecule has 0 aliphatic carbocycles. The number of rotatable bonds is 8. The highest BCUT2D eigenvalue weighted by Gasteiger charge is 2.08. The van der Waals surface area contributed by atoms with Crippen LogP contribution in [0.2, 0.25) is 0 Å². The van der Waals surface area contributed by atoms with Crippen molar-refractivity contribution in [2.45, 2.75) is 19.9 Å². The molecule has 0 aromatic heterocycles. The maximum Gasteiger partial charge on any atom is 0.193 e. The molecule has 0 atom stereocenters. The summed E-state index contributed by atoms with van der Waals surface area (Å²) in [5.74, 6) is 2.57. The topological polar surface area (TPSA) is 66.3 Å². The molecule has 0 amide bonds. The summed E-state index contributed by atoms with van der Waals surface area (Å²) < 4.78 is 10.3. The van der Waals surface area contributed by atoms with Crippen molar-refractivity contribution < 1.29 is 14.6 Å². The summed E-state index contributed by atoms with van der Waals surface area (Å²) >= 11 is 0. The summed E-state index contributed by atoms with van der Waals surface area (Å²) in [4.78, 5) is 6.77. The molecule has 146 valence electrons. The van der Waals surface area contributed by atoms with E-state index in [1.54, 1.807) is 20.3 Å². The van der Waals surface area contributed by atoms with Crippen LogP contribution in [0.5, 0.6) is 17.2 Å². The summed E-state index contributed by atoms with van der Waals surface area (Å²) in [5.41, 5.74) is 2.03. The Bertz CT molecular complexity index is 745. The number of aliphatic imine (C=N–C) groups is 1. The van der Waals surface area contributed by atoms with Gasteiger partial charge in [-0.2, -0.15) is 0 Å². The second-order valence-electron chi connectivity index (χ2n) is 6.18. The fourth-order valence-corrected chi connectivity index (χ4v) is 2.71. The molecule has 0 spiro atoms. The molecule has 0 aliphatic heterocycles. The van der Waals surface area contributed by atoms with E-state index in [-0.39, 0.29) is 5.75 Å². The van der Waals surface area contributed by atoms with Gasteiger partial charge in [-0.3, -0.25) is 4.99 Å². The predicted octanol–water partition coefficient (Wildman–Crippen LogP) is 3.05. The lowest BCUT2D eigenvalue weighted by molar-refractivity contribution is 0.406. The second-order valence-corrected chi connectivity index (χ2v) is 6.18. The molecule has 0 saturated heterocycles. The first kappa shape index (κ1) is 20.4. The second kappa shape index (κ2) is 10.3. The summed E-state index contributed by atoms with van der Waals surface area (Å²) in [6.07, 6.45) is 0.654. The highest BCUT2D eigenvalue weighted by atomic mass is 16.5. The minimum atomic E-state index is 0.237. The number of aromatic hydroxyl groups is 1. The number of ether oxygens (including phenoxy) is 2. The Balaban J connectivity index is 1.99. The maximum atomic E-state index is 10.1. The Hall–Kier alpha value is -2.89. The van der Waals surface area contributed by atoms with E-state index in [2.05, 4.69) is 15.2 Å². The highest BCUT2D eigenvalue weighted by molar-refractivity contribution is 5.79. The predicted molar refractivity (Wildman–Crippen MR) is 109 cm³/mol. The Labute approximate surface area is 161 Å². The van der Waals surface area contributed by atoms with Crippen molar-refractivity contribution >= 4 is 5.96 Å². The molecule has 0 radical (unpaired) electrons. The smallest absolute Gasteiger partial charge is 0.193 e. The zero-order valence-electron chi connectivity index (χ0n) is 16.5. The van der Waals surface area contributed by atoms with Crippen molar-refractivity contribution in [3.05, 3.63) is 53.6 Å². The molecule has 27 heavy (non-hydrogen) atoms. The molecule has 2 N–H and O–H groups in total. The van der Waals surface area contributed by atoms with Gasteiger partial charge in [-0.15, -0.1) is 0 Å². The van der Waals surface area contributed by atoms with Crippen LogP contribution in [0.4, 0.5) is 0 Å². The summed E-state index contributed by atoms with van der Waals surface area (Å²) in [6.45, 7) is 4.16. The number of hydrogen-bond acceptors (Lipinski definition) is 4. The highest BCUT2D eigenvalue weighted by Crippen LogP contribution is 2.23. The van der Waals surface area contributed by atoms with Crippen LogP contribution in [-0.4, -0.2) is 50.3 Å². The van der Waals surface area contributed by atoms with Gasteiger partial charge in [-0.05, 0) is 42.7 Å². The Morgan fingerprint density at radius 3 is 2.33 bits per heavy atom. The van der Waals surface area contributed by atoms with Crippen LogP contribution in [0.15, 0.2) is 47.5 Å². The van der Waals surface area contributed by atoms with Crippen LogP contribution in [-0.2, 0) is 13.0 Å². The Morgan fingerprint density at radius 1 is 1.07 bits per heavy atom.